The molecule has 3 N–H and O–H groups in total. The SMILES string of the molecule is COc1ccc(OC)c(NC(=O)c2sc3nc(-c4ccc(C)cc4)cc(-c4ccccc4)c3c2N)c1. The predicted octanol–water partition coefficient (Wildman–Crippen LogP) is 6.79. The number of ether oxygens (including phenoxy) is 2. The lowest BCUT2D eigenvalue weighted by molar-refractivity contribution is 0.103. The first kappa shape index (κ1) is 23.4. The minimum atomic E-state index is -0.335. The Bertz CT molecular complexity index is 1560. The van der Waals surface area contributed by atoms with Gasteiger partial charge in [0.25, 0.3) is 5.91 Å². The largest absolute Gasteiger partial charge is 0.497 e. The van der Waals surface area contributed by atoms with Crippen molar-refractivity contribution in [2.24, 2.45) is 0 Å². The van der Waals surface area contributed by atoms with Gasteiger partial charge in [-0.05, 0) is 36.2 Å². The molecular formula is C29H25N3O3S. The highest BCUT2D eigenvalue weighted by molar-refractivity contribution is 7.21. The number of thiophene rings is 1. The number of nitrogen functional groups attached to an aromatic ring is 1. The number of nitrogens with two attached hydrogens (primary N) is 1. The molecule has 0 spiro atoms. The van der Waals surface area contributed by atoms with E-state index in [-0.39, 0.29) is 5.91 Å². The second-order valence-electron chi connectivity index (χ2n) is 8.33. The second-order valence-corrected chi connectivity index (χ2v) is 9.33. The highest BCUT2D eigenvalue weighted by Gasteiger charge is 2.22. The normalized spacial score (nSPS) is 10.9. The van der Waals surface area contributed by atoms with Crippen molar-refractivity contribution in [3.8, 4) is 33.9 Å². The van der Waals surface area contributed by atoms with Crippen LogP contribution < -0.4 is 20.5 Å². The summed E-state index contributed by atoms with van der Waals surface area (Å²) in [6.07, 6.45) is 0. The van der Waals surface area contributed by atoms with Crippen molar-refractivity contribution in [3.63, 3.8) is 0 Å². The van der Waals surface area contributed by atoms with Crippen LogP contribution in [0.2, 0.25) is 0 Å². The number of rotatable bonds is 6. The summed E-state index contributed by atoms with van der Waals surface area (Å²) < 4.78 is 10.7. The molecule has 6 nitrogen and oxygen atoms in total. The molecule has 0 aliphatic carbocycles. The third kappa shape index (κ3) is 4.36. The molecule has 2 aromatic heterocycles. The first-order chi connectivity index (χ1) is 17.5. The van der Waals surface area contributed by atoms with E-state index in [0.29, 0.717) is 32.6 Å². The molecule has 3 aromatic carbocycles. The first-order valence-electron chi connectivity index (χ1n) is 11.4. The molecule has 0 aliphatic rings. The van der Waals surface area contributed by atoms with Gasteiger partial charge in [0.1, 0.15) is 21.2 Å². The molecule has 5 aromatic rings. The van der Waals surface area contributed by atoms with E-state index in [1.807, 2.05) is 36.4 Å². The lowest BCUT2D eigenvalue weighted by Gasteiger charge is -2.11. The number of carbonyl (C=O) groups is 1. The third-order valence-corrected chi connectivity index (χ3v) is 7.09. The van der Waals surface area contributed by atoms with Crippen LogP contribution in [0.3, 0.4) is 0 Å². The Hall–Kier alpha value is -4.36. The van der Waals surface area contributed by atoms with E-state index in [1.54, 1.807) is 32.4 Å². The molecule has 2 heterocycles. The molecule has 0 unspecified atom stereocenters. The summed E-state index contributed by atoms with van der Waals surface area (Å²) in [7, 11) is 3.12. The summed E-state index contributed by atoms with van der Waals surface area (Å²) in [6.45, 7) is 2.05. The van der Waals surface area contributed by atoms with Gasteiger partial charge in [-0.25, -0.2) is 4.98 Å². The molecule has 0 fully saturated rings. The maximum absolute atomic E-state index is 13.4. The van der Waals surface area contributed by atoms with E-state index < -0.39 is 0 Å². The molecule has 0 bridgehead atoms. The quantitative estimate of drug-likeness (QED) is 0.271. The highest BCUT2D eigenvalue weighted by atomic mass is 32.1. The second kappa shape index (κ2) is 9.71. The van der Waals surface area contributed by atoms with Crippen LogP contribution >= 0.6 is 11.3 Å². The van der Waals surface area contributed by atoms with Gasteiger partial charge >= 0.3 is 0 Å². The van der Waals surface area contributed by atoms with Crippen molar-refractivity contribution in [1.29, 1.82) is 0 Å². The molecule has 0 saturated heterocycles. The number of carbonyl (C=O) groups excluding carboxylic acids is 1. The number of nitrogens with one attached hydrogen (secondary N) is 1. The van der Waals surface area contributed by atoms with Gasteiger partial charge in [0.2, 0.25) is 0 Å². The van der Waals surface area contributed by atoms with Gasteiger partial charge in [-0.2, -0.15) is 0 Å². The zero-order valence-corrected chi connectivity index (χ0v) is 21.0. The number of pyridine rings is 1. The summed E-state index contributed by atoms with van der Waals surface area (Å²) in [5, 5.41) is 3.69. The number of methoxy groups -OCH3 is 2. The topological polar surface area (TPSA) is 86.5 Å². The third-order valence-electron chi connectivity index (χ3n) is 5.99. The molecule has 7 heteroatoms. The zero-order chi connectivity index (χ0) is 25.2. The van der Waals surface area contributed by atoms with Gasteiger partial charge in [-0.1, -0.05) is 60.2 Å². The molecule has 0 saturated carbocycles. The Morgan fingerprint density at radius 1 is 0.917 bits per heavy atom. The molecule has 1 amide bonds. The molecule has 180 valence electrons. The first-order valence-corrected chi connectivity index (χ1v) is 12.2. The van der Waals surface area contributed by atoms with Gasteiger partial charge in [-0.15, -0.1) is 11.3 Å². The minimum absolute atomic E-state index is 0.335. The summed E-state index contributed by atoms with van der Waals surface area (Å²) in [4.78, 5) is 19.4. The van der Waals surface area contributed by atoms with E-state index >= 15 is 0 Å². The Labute approximate surface area is 213 Å². The van der Waals surface area contributed by atoms with Crippen LogP contribution in [0.5, 0.6) is 11.5 Å². The lowest BCUT2D eigenvalue weighted by Crippen LogP contribution is -2.13. The summed E-state index contributed by atoms with van der Waals surface area (Å²) in [5.74, 6) is 0.790. The summed E-state index contributed by atoms with van der Waals surface area (Å²) in [6, 6.07) is 25.5. The Balaban J connectivity index is 1.64. The number of nitrogens with zero attached hydrogens (tertiary/aromatic N) is 1. The van der Waals surface area contributed by atoms with Crippen LogP contribution in [0.4, 0.5) is 11.4 Å². The van der Waals surface area contributed by atoms with Crippen LogP contribution in [-0.2, 0) is 0 Å². The number of anilines is 2. The number of hydrogen-bond donors (Lipinski definition) is 2. The van der Waals surface area contributed by atoms with E-state index in [9.17, 15) is 4.79 Å². The summed E-state index contributed by atoms with van der Waals surface area (Å²) >= 11 is 1.28. The van der Waals surface area contributed by atoms with Crippen molar-refractivity contribution in [2.45, 2.75) is 6.92 Å². The van der Waals surface area contributed by atoms with E-state index in [2.05, 4.69) is 36.5 Å². The fourth-order valence-corrected chi connectivity index (χ4v) is 5.11. The number of hydrogen-bond acceptors (Lipinski definition) is 6. The molecule has 36 heavy (non-hydrogen) atoms. The Morgan fingerprint density at radius 3 is 2.36 bits per heavy atom. The minimum Gasteiger partial charge on any atom is -0.497 e. The number of amides is 1. The van der Waals surface area contributed by atoms with Crippen LogP contribution in [0.25, 0.3) is 32.6 Å². The van der Waals surface area contributed by atoms with E-state index in [4.69, 9.17) is 20.2 Å². The maximum Gasteiger partial charge on any atom is 0.268 e. The van der Waals surface area contributed by atoms with Crippen LogP contribution in [-0.4, -0.2) is 25.1 Å². The average molecular weight is 496 g/mol. The maximum atomic E-state index is 13.4. The Kier molecular flexibility index (Phi) is 6.31. The number of fused-ring (bicyclic) bond motifs is 1. The van der Waals surface area contributed by atoms with Crippen molar-refractivity contribution in [3.05, 3.63) is 89.3 Å². The van der Waals surface area contributed by atoms with Crippen molar-refractivity contribution in [2.75, 3.05) is 25.3 Å². The standard InChI is InChI=1S/C29H25N3O3S/c1-17-9-11-19(12-10-17)22-16-21(18-7-5-4-6-8-18)25-26(30)27(36-29(25)32-22)28(33)31-23-15-20(34-2)13-14-24(23)35-3/h4-16H,30H2,1-3H3,(H,31,33). The van der Waals surface area contributed by atoms with Gasteiger partial charge in [-0.3, -0.25) is 4.79 Å². The van der Waals surface area contributed by atoms with Gasteiger partial charge in [0.05, 0.1) is 31.3 Å². The number of aromatic nitrogens is 1. The van der Waals surface area contributed by atoms with Crippen LogP contribution in [0, 0.1) is 6.92 Å². The van der Waals surface area contributed by atoms with Gasteiger partial charge < -0.3 is 20.5 Å². The highest BCUT2D eigenvalue weighted by Crippen LogP contribution is 2.42. The lowest BCUT2D eigenvalue weighted by atomic mass is 9.99. The number of aryl methyl sites for hydroxylation is 1. The van der Waals surface area contributed by atoms with Gasteiger partial charge in [0.15, 0.2) is 0 Å². The molecular weight excluding hydrogens is 470 g/mol. The number of benzene rings is 3. The van der Waals surface area contributed by atoms with E-state index in [1.165, 1.54) is 16.9 Å². The van der Waals surface area contributed by atoms with Crippen molar-refractivity contribution >= 4 is 38.8 Å². The average Bonchev–Trinajstić information content (AvgIpc) is 3.25. The Morgan fingerprint density at radius 2 is 1.67 bits per heavy atom. The van der Waals surface area contributed by atoms with Crippen LogP contribution in [0.1, 0.15) is 15.2 Å². The van der Waals surface area contributed by atoms with Crippen LogP contribution in [0.15, 0.2) is 78.9 Å². The monoisotopic (exact) mass is 495 g/mol. The predicted molar refractivity (Wildman–Crippen MR) is 147 cm³/mol. The van der Waals surface area contributed by atoms with Crippen molar-refractivity contribution < 1.29 is 14.3 Å². The fraction of sp³-hybridized carbons (Fsp3) is 0.103. The molecule has 0 atom stereocenters. The van der Waals surface area contributed by atoms with E-state index in [0.717, 1.165) is 27.8 Å². The van der Waals surface area contributed by atoms with Gasteiger partial charge in [0, 0.05) is 17.0 Å². The smallest absolute Gasteiger partial charge is 0.268 e. The zero-order valence-electron chi connectivity index (χ0n) is 20.2. The molecule has 0 aliphatic heterocycles. The molecule has 5 rings (SSSR count). The summed E-state index contributed by atoms with van der Waals surface area (Å²) in [5.41, 5.74) is 12.5. The fourth-order valence-electron chi connectivity index (χ4n) is 4.10. The molecule has 0 radical (unpaired) electrons. The van der Waals surface area contributed by atoms with Crippen molar-refractivity contribution in [1.82, 2.24) is 4.98 Å².